The van der Waals surface area contributed by atoms with Gasteiger partial charge in [-0.1, -0.05) is 50.6 Å². The molecule has 0 heterocycles. The van der Waals surface area contributed by atoms with E-state index in [1.807, 2.05) is 44.2 Å². The summed E-state index contributed by atoms with van der Waals surface area (Å²) in [6.07, 6.45) is 3.58. The summed E-state index contributed by atoms with van der Waals surface area (Å²) < 4.78 is 11.3. The number of benzene rings is 2. The third kappa shape index (κ3) is 6.37. The van der Waals surface area contributed by atoms with Crippen molar-refractivity contribution in [2.45, 2.75) is 39.8 Å². The van der Waals surface area contributed by atoms with E-state index in [4.69, 9.17) is 9.47 Å². The first-order valence-corrected chi connectivity index (χ1v) is 9.92. The second-order valence-electron chi connectivity index (χ2n) is 7.17. The SMILES string of the molecule is CC[C@@H](C)[C@@H](NC(=O)/C=C/c1ccc(OCc2ccccc2C)c(OC)c1)C(=O)O. The molecule has 160 valence electrons. The normalized spacial score (nSPS) is 12.9. The van der Waals surface area contributed by atoms with E-state index < -0.39 is 17.9 Å². The van der Waals surface area contributed by atoms with Gasteiger partial charge in [-0.25, -0.2) is 4.79 Å². The molecule has 0 aliphatic rings. The highest BCUT2D eigenvalue weighted by molar-refractivity contribution is 5.94. The minimum atomic E-state index is -1.04. The van der Waals surface area contributed by atoms with Gasteiger partial charge in [0.25, 0.3) is 0 Å². The van der Waals surface area contributed by atoms with E-state index in [0.29, 0.717) is 24.5 Å². The van der Waals surface area contributed by atoms with Crippen molar-refractivity contribution in [3.63, 3.8) is 0 Å². The largest absolute Gasteiger partial charge is 0.493 e. The van der Waals surface area contributed by atoms with E-state index in [9.17, 15) is 14.7 Å². The highest BCUT2D eigenvalue weighted by Crippen LogP contribution is 2.29. The fraction of sp³-hybridized carbons (Fsp3) is 0.333. The summed E-state index contributed by atoms with van der Waals surface area (Å²) in [6, 6.07) is 12.4. The van der Waals surface area contributed by atoms with E-state index in [0.717, 1.165) is 16.7 Å². The molecular formula is C24H29NO5. The number of aliphatic carboxylic acids is 1. The lowest BCUT2D eigenvalue weighted by molar-refractivity contribution is -0.142. The number of aryl methyl sites for hydroxylation is 1. The van der Waals surface area contributed by atoms with Crippen molar-refractivity contribution in [2.24, 2.45) is 5.92 Å². The Labute approximate surface area is 177 Å². The lowest BCUT2D eigenvalue weighted by Gasteiger charge is -2.19. The van der Waals surface area contributed by atoms with E-state index >= 15 is 0 Å². The Balaban J connectivity index is 2.05. The molecule has 2 aromatic carbocycles. The number of carbonyl (C=O) groups excluding carboxylic acids is 1. The lowest BCUT2D eigenvalue weighted by atomic mass is 9.99. The van der Waals surface area contributed by atoms with Crippen LogP contribution in [0.2, 0.25) is 0 Å². The smallest absolute Gasteiger partial charge is 0.326 e. The maximum atomic E-state index is 12.1. The summed E-state index contributed by atoms with van der Waals surface area (Å²) in [5.74, 6) is -0.506. The Hall–Kier alpha value is -3.28. The summed E-state index contributed by atoms with van der Waals surface area (Å²) in [4.78, 5) is 23.5. The molecule has 0 radical (unpaired) electrons. The number of methoxy groups -OCH3 is 1. The van der Waals surface area contributed by atoms with Crippen molar-refractivity contribution in [3.05, 3.63) is 65.2 Å². The summed E-state index contributed by atoms with van der Waals surface area (Å²) in [6.45, 7) is 6.14. The third-order valence-electron chi connectivity index (χ3n) is 5.04. The zero-order valence-corrected chi connectivity index (χ0v) is 17.8. The quantitative estimate of drug-likeness (QED) is 0.572. The monoisotopic (exact) mass is 411 g/mol. The van der Waals surface area contributed by atoms with Gasteiger partial charge in [0.1, 0.15) is 12.6 Å². The number of carboxylic acid groups (broad SMARTS) is 1. The van der Waals surface area contributed by atoms with Gasteiger partial charge in [0.05, 0.1) is 7.11 Å². The standard InChI is InChI=1S/C24H29NO5/c1-5-16(2)23(24(27)28)25-22(26)13-11-18-10-12-20(21(14-18)29-4)30-15-19-9-7-6-8-17(19)3/h6-14,16,23H,5,15H2,1-4H3,(H,25,26)(H,27,28)/b13-11+/t16-,23-/m1/s1. The molecule has 0 saturated carbocycles. The van der Waals surface area contributed by atoms with Gasteiger partial charge in [0.15, 0.2) is 11.5 Å². The Morgan fingerprint density at radius 2 is 1.90 bits per heavy atom. The van der Waals surface area contributed by atoms with Crippen molar-refractivity contribution in [2.75, 3.05) is 7.11 Å². The van der Waals surface area contributed by atoms with Crippen LogP contribution >= 0.6 is 0 Å². The topological polar surface area (TPSA) is 84.9 Å². The average molecular weight is 411 g/mol. The Bertz CT molecular complexity index is 906. The fourth-order valence-electron chi connectivity index (χ4n) is 2.89. The van der Waals surface area contributed by atoms with Crippen molar-refractivity contribution in [1.82, 2.24) is 5.32 Å². The van der Waals surface area contributed by atoms with Crippen LogP contribution in [0.5, 0.6) is 11.5 Å². The molecular weight excluding hydrogens is 382 g/mol. The van der Waals surface area contributed by atoms with Crippen molar-refractivity contribution < 1.29 is 24.2 Å². The van der Waals surface area contributed by atoms with Crippen LogP contribution in [0.3, 0.4) is 0 Å². The van der Waals surface area contributed by atoms with Gasteiger partial charge in [-0.05, 0) is 47.7 Å². The van der Waals surface area contributed by atoms with Crippen LogP contribution in [0.1, 0.15) is 37.0 Å². The first kappa shape index (κ1) is 23.0. The van der Waals surface area contributed by atoms with Crippen LogP contribution < -0.4 is 14.8 Å². The molecule has 0 spiro atoms. The number of ether oxygens (including phenoxy) is 2. The lowest BCUT2D eigenvalue weighted by Crippen LogP contribution is -2.44. The van der Waals surface area contributed by atoms with E-state index in [1.165, 1.54) is 6.08 Å². The van der Waals surface area contributed by atoms with E-state index in [1.54, 1.807) is 32.2 Å². The molecule has 2 aromatic rings. The summed E-state index contributed by atoms with van der Waals surface area (Å²) in [5.41, 5.74) is 2.98. The average Bonchev–Trinajstić information content (AvgIpc) is 2.75. The fourth-order valence-corrected chi connectivity index (χ4v) is 2.89. The van der Waals surface area contributed by atoms with Crippen LogP contribution in [-0.4, -0.2) is 30.1 Å². The van der Waals surface area contributed by atoms with Gasteiger partial charge in [-0.3, -0.25) is 4.79 Å². The molecule has 0 aliphatic heterocycles. The van der Waals surface area contributed by atoms with Crippen molar-refractivity contribution >= 4 is 18.0 Å². The third-order valence-corrected chi connectivity index (χ3v) is 5.04. The second-order valence-corrected chi connectivity index (χ2v) is 7.17. The zero-order valence-electron chi connectivity index (χ0n) is 17.8. The molecule has 6 heteroatoms. The van der Waals surface area contributed by atoms with Gasteiger partial charge in [-0.15, -0.1) is 0 Å². The molecule has 0 aliphatic carbocycles. The van der Waals surface area contributed by atoms with Crippen molar-refractivity contribution in [1.29, 1.82) is 0 Å². The Morgan fingerprint density at radius 1 is 1.17 bits per heavy atom. The van der Waals surface area contributed by atoms with E-state index in [2.05, 4.69) is 5.32 Å². The molecule has 2 rings (SSSR count). The number of hydrogen-bond donors (Lipinski definition) is 2. The second kappa shape index (κ2) is 11.0. The van der Waals surface area contributed by atoms with E-state index in [-0.39, 0.29) is 5.92 Å². The number of rotatable bonds is 10. The van der Waals surface area contributed by atoms with Crippen LogP contribution in [0.4, 0.5) is 0 Å². The first-order chi connectivity index (χ1) is 14.3. The number of nitrogens with one attached hydrogen (secondary N) is 1. The zero-order chi connectivity index (χ0) is 22.1. The minimum absolute atomic E-state index is 0.162. The maximum Gasteiger partial charge on any atom is 0.326 e. The van der Waals surface area contributed by atoms with Crippen molar-refractivity contribution in [3.8, 4) is 11.5 Å². The molecule has 0 unspecified atom stereocenters. The number of hydrogen-bond acceptors (Lipinski definition) is 4. The molecule has 1 amide bonds. The summed E-state index contributed by atoms with van der Waals surface area (Å²) >= 11 is 0. The molecule has 0 bridgehead atoms. The number of carboxylic acids is 1. The Morgan fingerprint density at radius 3 is 2.53 bits per heavy atom. The summed E-state index contributed by atoms with van der Waals surface area (Å²) in [5, 5.41) is 11.8. The number of carbonyl (C=O) groups is 2. The maximum absolute atomic E-state index is 12.1. The first-order valence-electron chi connectivity index (χ1n) is 9.92. The molecule has 0 saturated heterocycles. The van der Waals surface area contributed by atoms with Crippen LogP contribution in [-0.2, 0) is 16.2 Å². The van der Waals surface area contributed by atoms with Crippen LogP contribution in [0.15, 0.2) is 48.5 Å². The van der Waals surface area contributed by atoms with Gasteiger partial charge < -0.3 is 19.9 Å². The molecule has 6 nitrogen and oxygen atoms in total. The highest BCUT2D eigenvalue weighted by atomic mass is 16.5. The predicted octanol–water partition coefficient (Wildman–Crippen LogP) is 4.21. The Kier molecular flexibility index (Phi) is 8.47. The van der Waals surface area contributed by atoms with Gasteiger partial charge >= 0.3 is 5.97 Å². The van der Waals surface area contributed by atoms with Crippen LogP contribution in [0.25, 0.3) is 6.08 Å². The molecule has 2 N–H and O–H groups in total. The van der Waals surface area contributed by atoms with Gasteiger partial charge in [0, 0.05) is 6.08 Å². The van der Waals surface area contributed by atoms with Gasteiger partial charge in [-0.2, -0.15) is 0 Å². The minimum Gasteiger partial charge on any atom is -0.493 e. The predicted molar refractivity (Wildman–Crippen MR) is 117 cm³/mol. The molecule has 0 fully saturated rings. The summed E-state index contributed by atoms with van der Waals surface area (Å²) in [7, 11) is 1.56. The highest BCUT2D eigenvalue weighted by Gasteiger charge is 2.24. The van der Waals surface area contributed by atoms with Crippen LogP contribution in [0, 0.1) is 12.8 Å². The van der Waals surface area contributed by atoms with Gasteiger partial charge in [0.2, 0.25) is 5.91 Å². The molecule has 0 aromatic heterocycles. The number of amides is 1. The molecule has 30 heavy (non-hydrogen) atoms. The molecule has 2 atom stereocenters.